The molecular weight excluding hydrogens is 439 g/mol. The van der Waals surface area contributed by atoms with Crippen molar-refractivity contribution in [2.24, 2.45) is 0 Å². The van der Waals surface area contributed by atoms with Gasteiger partial charge in [-0.2, -0.15) is 5.10 Å². The van der Waals surface area contributed by atoms with Crippen LogP contribution in [0, 0.1) is 6.92 Å². The number of hydrogen-bond donors (Lipinski definition) is 1. The molecule has 3 rings (SSSR count). The van der Waals surface area contributed by atoms with Gasteiger partial charge in [0.2, 0.25) is 11.8 Å². The first-order valence-corrected chi connectivity index (χ1v) is 10.3. The monoisotopic (exact) mass is 460 g/mol. The van der Waals surface area contributed by atoms with Crippen LogP contribution in [0.3, 0.4) is 0 Å². The van der Waals surface area contributed by atoms with Gasteiger partial charge < -0.3 is 14.6 Å². The van der Waals surface area contributed by atoms with Crippen molar-refractivity contribution in [2.45, 2.75) is 20.0 Å². The quantitative estimate of drug-likeness (QED) is 0.516. The molecule has 31 heavy (non-hydrogen) atoms. The number of rotatable bonds is 8. The van der Waals surface area contributed by atoms with Gasteiger partial charge in [-0.3, -0.25) is 9.59 Å². The molecule has 2 heterocycles. The van der Waals surface area contributed by atoms with Crippen LogP contribution in [-0.2, 0) is 22.7 Å². The maximum Gasteiger partial charge on any atom is 0.246 e. The van der Waals surface area contributed by atoms with Gasteiger partial charge in [0.05, 0.1) is 31.6 Å². The molecule has 0 saturated carbocycles. The molecule has 0 bridgehead atoms. The molecule has 0 atom stereocenters. The van der Waals surface area contributed by atoms with Crippen LogP contribution in [0.2, 0.25) is 10.2 Å². The second-order valence-electron chi connectivity index (χ2n) is 6.96. The van der Waals surface area contributed by atoms with Gasteiger partial charge in [-0.15, -0.1) is 0 Å². The smallest absolute Gasteiger partial charge is 0.246 e. The Bertz CT molecular complexity index is 1070. The lowest BCUT2D eigenvalue weighted by molar-refractivity contribution is -0.131. The van der Waals surface area contributed by atoms with E-state index in [-0.39, 0.29) is 24.9 Å². The van der Waals surface area contributed by atoms with E-state index in [1.807, 2.05) is 19.1 Å². The Labute approximate surface area is 190 Å². The van der Waals surface area contributed by atoms with Gasteiger partial charge in [0, 0.05) is 23.7 Å². The number of nitrogens with one attached hydrogen (secondary N) is 1. The number of carbonyl (C=O) groups is 2. The highest BCUT2D eigenvalue weighted by atomic mass is 35.5. The van der Waals surface area contributed by atoms with Crippen molar-refractivity contribution >= 4 is 41.1 Å². The molecule has 0 aliphatic heterocycles. The summed E-state index contributed by atoms with van der Waals surface area (Å²) in [4.78, 5) is 25.7. The minimum atomic E-state index is -0.325. The second kappa shape index (κ2) is 10.3. The Hall–Kier alpha value is -3.03. The fourth-order valence-electron chi connectivity index (χ4n) is 2.85. The summed E-state index contributed by atoms with van der Waals surface area (Å²) in [5, 5.41) is 8.24. The molecule has 0 aliphatic carbocycles. The van der Waals surface area contributed by atoms with Crippen LogP contribution in [-0.4, -0.2) is 40.1 Å². The SMILES string of the molecule is Cc1nn(Cc2ccc(Cl)cc2)c(Cl)c1C=CC(=O)N(C)CC(=O)NCc1ccco1. The molecule has 1 N–H and O–H groups in total. The maximum absolute atomic E-state index is 12.4. The molecule has 0 aliphatic rings. The number of benzene rings is 1. The molecule has 3 aromatic rings. The van der Waals surface area contributed by atoms with Crippen molar-refractivity contribution < 1.29 is 14.0 Å². The molecule has 0 radical (unpaired) electrons. The van der Waals surface area contributed by atoms with Gasteiger partial charge >= 0.3 is 0 Å². The van der Waals surface area contributed by atoms with Crippen molar-refractivity contribution in [3.63, 3.8) is 0 Å². The Kier molecular flexibility index (Phi) is 7.55. The number of carbonyl (C=O) groups excluding carboxylic acids is 2. The van der Waals surface area contributed by atoms with E-state index in [9.17, 15) is 9.59 Å². The van der Waals surface area contributed by atoms with Crippen LogP contribution in [0.5, 0.6) is 0 Å². The van der Waals surface area contributed by atoms with E-state index in [1.54, 1.807) is 42.1 Å². The van der Waals surface area contributed by atoms with E-state index in [1.165, 1.54) is 17.2 Å². The third kappa shape index (κ3) is 6.23. The lowest BCUT2D eigenvalue weighted by atomic mass is 10.2. The molecule has 162 valence electrons. The van der Waals surface area contributed by atoms with Gasteiger partial charge in [-0.05, 0) is 42.8 Å². The van der Waals surface area contributed by atoms with Gasteiger partial charge in [0.1, 0.15) is 10.9 Å². The number of amides is 2. The van der Waals surface area contributed by atoms with E-state index in [4.69, 9.17) is 27.6 Å². The normalized spacial score (nSPS) is 11.1. The maximum atomic E-state index is 12.4. The number of halogens is 2. The standard InChI is InChI=1S/C22H22Cl2N4O3/c1-15-19(22(24)28(26-15)13-16-5-7-17(23)8-6-16)9-10-21(30)27(2)14-20(29)25-12-18-4-3-11-31-18/h3-11H,12-14H2,1-2H3,(H,25,29). The first-order chi connectivity index (χ1) is 14.8. The Morgan fingerprint density at radius 1 is 1.23 bits per heavy atom. The van der Waals surface area contributed by atoms with Crippen molar-refractivity contribution in [1.82, 2.24) is 20.0 Å². The summed E-state index contributed by atoms with van der Waals surface area (Å²) in [7, 11) is 1.55. The van der Waals surface area contributed by atoms with E-state index in [2.05, 4.69) is 10.4 Å². The minimum absolute atomic E-state index is 0.0770. The number of nitrogens with zero attached hydrogens (tertiary/aromatic N) is 3. The number of aryl methyl sites for hydroxylation is 1. The van der Waals surface area contributed by atoms with Gasteiger partial charge in [0.25, 0.3) is 0 Å². The molecule has 1 aromatic carbocycles. The second-order valence-corrected chi connectivity index (χ2v) is 7.75. The Morgan fingerprint density at radius 2 is 1.97 bits per heavy atom. The van der Waals surface area contributed by atoms with Crippen molar-refractivity contribution in [2.75, 3.05) is 13.6 Å². The molecule has 0 spiro atoms. The average molecular weight is 461 g/mol. The highest BCUT2D eigenvalue weighted by Gasteiger charge is 2.14. The largest absolute Gasteiger partial charge is 0.467 e. The summed E-state index contributed by atoms with van der Waals surface area (Å²) >= 11 is 12.4. The van der Waals surface area contributed by atoms with Gasteiger partial charge in [0.15, 0.2) is 0 Å². The van der Waals surface area contributed by atoms with Crippen molar-refractivity contribution in [3.05, 3.63) is 81.5 Å². The predicted molar refractivity (Wildman–Crippen MR) is 120 cm³/mol. The van der Waals surface area contributed by atoms with Crippen LogP contribution in [0.25, 0.3) is 6.08 Å². The van der Waals surface area contributed by atoms with Crippen molar-refractivity contribution in [3.8, 4) is 0 Å². The fraction of sp³-hybridized carbons (Fsp3) is 0.227. The molecule has 0 saturated heterocycles. The topological polar surface area (TPSA) is 80.4 Å². The first kappa shape index (κ1) is 22.7. The number of furan rings is 1. The van der Waals surface area contributed by atoms with E-state index < -0.39 is 0 Å². The number of likely N-dealkylation sites (N-methyl/N-ethyl adjacent to an activating group) is 1. The summed E-state index contributed by atoms with van der Waals surface area (Å²) in [5.74, 6) is 0.0302. The van der Waals surface area contributed by atoms with E-state index in [0.717, 1.165) is 5.56 Å². The predicted octanol–water partition coefficient (Wildman–Crippen LogP) is 3.93. The molecule has 9 heteroatoms. The van der Waals surface area contributed by atoms with Crippen LogP contribution in [0.1, 0.15) is 22.6 Å². The lowest BCUT2D eigenvalue weighted by Crippen LogP contribution is -2.37. The van der Waals surface area contributed by atoms with Crippen LogP contribution in [0.4, 0.5) is 0 Å². The molecule has 0 unspecified atom stereocenters. The summed E-state index contributed by atoms with van der Waals surface area (Å²) in [6.45, 7) is 2.49. The van der Waals surface area contributed by atoms with E-state index in [0.29, 0.717) is 33.7 Å². The summed E-state index contributed by atoms with van der Waals surface area (Å²) < 4.78 is 6.82. The number of hydrogen-bond acceptors (Lipinski definition) is 4. The highest BCUT2D eigenvalue weighted by molar-refractivity contribution is 6.31. The zero-order chi connectivity index (χ0) is 22.4. The summed E-state index contributed by atoms with van der Waals surface area (Å²) in [6.07, 6.45) is 4.53. The van der Waals surface area contributed by atoms with Crippen LogP contribution >= 0.6 is 23.2 Å². The molecule has 7 nitrogen and oxygen atoms in total. The summed E-state index contributed by atoms with van der Waals surface area (Å²) in [5.41, 5.74) is 2.35. The lowest BCUT2D eigenvalue weighted by Gasteiger charge is -2.14. The Balaban J connectivity index is 1.58. The third-order valence-electron chi connectivity index (χ3n) is 4.54. The van der Waals surface area contributed by atoms with Gasteiger partial charge in [-0.1, -0.05) is 35.3 Å². The molecule has 0 fully saturated rings. The number of aromatic nitrogens is 2. The molecule has 2 amide bonds. The van der Waals surface area contributed by atoms with Crippen molar-refractivity contribution in [1.29, 1.82) is 0 Å². The van der Waals surface area contributed by atoms with Crippen LogP contribution < -0.4 is 5.32 Å². The first-order valence-electron chi connectivity index (χ1n) is 9.53. The van der Waals surface area contributed by atoms with Gasteiger partial charge in [-0.25, -0.2) is 4.68 Å². The zero-order valence-corrected chi connectivity index (χ0v) is 18.7. The van der Waals surface area contributed by atoms with E-state index >= 15 is 0 Å². The zero-order valence-electron chi connectivity index (χ0n) is 17.1. The molecular formula is C22H22Cl2N4O3. The summed E-state index contributed by atoms with van der Waals surface area (Å²) in [6, 6.07) is 10.9. The molecule has 2 aromatic heterocycles. The Morgan fingerprint density at radius 3 is 2.65 bits per heavy atom. The highest BCUT2D eigenvalue weighted by Crippen LogP contribution is 2.23. The van der Waals surface area contributed by atoms with Crippen LogP contribution in [0.15, 0.2) is 53.2 Å². The average Bonchev–Trinajstić information content (AvgIpc) is 3.35. The third-order valence-corrected chi connectivity index (χ3v) is 5.20. The minimum Gasteiger partial charge on any atom is -0.467 e. The fourth-order valence-corrected chi connectivity index (χ4v) is 3.28.